The van der Waals surface area contributed by atoms with Gasteiger partial charge in [-0.1, -0.05) is 18.2 Å². The maximum Gasteiger partial charge on any atom is 0.225 e. The van der Waals surface area contributed by atoms with E-state index in [2.05, 4.69) is 30.5 Å². The number of guanidine groups is 1. The van der Waals surface area contributed by atoms with Gasteiger partial charge in [0.1, 0.15) is 5.82 Å². The van der Waals surface area contributed by atoms with E-state index in [1.54, 1.807) is 43.7 Å². The summed E-state index contributed by atoms with van der Waals surface area (Å²) < 4.78 is 13.7. The van der Waals surface area contributed by atoms with Gasteiger partial charge in [0.25, 0.3) is 0 Å². The first-order valence-corrected chi connectivity index (χ1v) is 9.65. The second kappa shape index (κ2) is 12.3. The summed E-state index contributed by atoms with van der Waals surface area (Å²) in [6.07, 6.45) is 3.81. The van der Waals surface area contributed by atoms with Gasteiger partial charge in [-0.25, -0.2) is 14.4 Å². The molecule has 0 radical (unpaired) electrons. The minimum Gasteiger partial charge on any atom is -0.356 e. The maximum atomic E-state index is 13.7. The first kappa shape index (κ1) is 23.8. The summed E-state index contributed by atoms with van der Waals surface area (Å²) in [4.78, 5) is 29.0. The van der Waals surface area contributed by atoms with Crippen molar-refractivity contribution in [1.29, 1.82) is 0 Å². The molecule has 2 N–H and O–H groups in total. The van der Waals surface area contributed by atoms with Crippen LogP contribution in [0.15, 0.2) is 47.7 Å². The number of carbonyl (C=O) groups is 1. The molecule has 0 spiro atoms. The number of anilines is 1. The fourth-order valence-electron chi connectivity index (χ4n) is 3.10. The minimum atomic E-state index is -0.259. The second-order valence-electron chi connectivity index (χ2n) is 6.61. The molecule has 2 aromatic rings. The number of nitrogens with zero attached hydrogens (tertiary/aromatic N) is 5. The first-order valence-electron chi connectivity index (χ1n) is 9.65. The van der Waals surface area contributed by atoms with Crippen molar-refractivity contribution in [2.24, 2.45) is 4.99 Å². The number of halogens is 2. The van der Waals surface area contributed by atoms with Crippen molar-refractivity contribution in [3.63, 3.8) is 0 Å². The van der Waals surface area contributed by atoms with Gasteiger partial charge in [0.2, 0.25) is 11.9 Å². The fraction of sp³-hybridized carbons (Fsp3) is 0.400. The Morgan fingerprint density at radius 2 is 1.80 bits per heavy atom. The average Bonchev–Trinajstić information content (AvgIpc) is 2.77. The highest BCUT2D eigenvalue weighted by atomic mass is 127. The van der Waals surface area contributed by atoms with Crippen LogP contribution in [0.4, 0.5) is 10.3 Å². The van der Waals surface area contributed by atoms with Crippen LogP contribution in [0.25, 0.3) is 0 Å². The van der Waals surface area contributed by atoms with E-state index < -0.39 is 0 Å². The predicted molar refractivity (Wildman–Crippen MR) is 125 cm³/mol. The number of benzene rings is 1. The lowest BCUT2D eigenvalue weighted by Crippen LogP contribution is -2.50. The number of nitrogens with one attached hydrogen (secondary N) is 2. The molecular weight excluding hydrogens is 500 g/mol. The van der Waals surface area contributed by atoms with Gasteiger partial charge in [0, 0.05) is 70.7 Å². The topological polar surface area (TPSA) is 85.8 Å². The zero-order valence-electron chi connectivity index (χ0n) is 16.9. The molecule has 1 aromatic carbocycles. The summed E-state index contributed by atoms with van der Waals surface area (Å²) in [5.41, 5.74) is 0.562. The third-order valence-corrected chi connectivity index (χ3v) is 4.73. The van der Waals surface area contributed by atoms with Crippen molar-refractivity contribution in [3.05, 3.63) is 54.1 Å². The molecule has 1 aromatic heterocycles. The van der Waals surface area contributed by atoms with Gasteiger partial charge in [0.15, 0.2) is 5.96 Å². The van der Waals surface area contributed by atoms with Crippen LogP contribution in [0.5, 0.6) is 0 Å². The fourth-order valence-corrected chi connectivity index (χ4v) is 3.10. The lowest BCUT2D eigenvalue weighted by atomic mass is 10.2. The molecule has 0 unspecified atom stereocenters. The lowest BCUT2D eigenvalue weighted by Gasteiger charge is -2.34. The van der Waals surface area contributed by atoms with Crippen LogP contribution in [0.3, 0.4) is 0 Å². The molecule has 1 saturated heterocycles. The highest BCUT2D eigenvalue weighted by molar-refractivity contribution is 14.0. The molecule has 0 saturated carbocycles. The van der Waals surface area contributed by atoms with Crippen LogP contribution in [-0.2, 0) is 11.3 Å². The molecule has 0 bridgehead atoms. The Morgan fingerprint density at radius 3 is 2.47 bits per heavy atom. The monoisotopic (exact) mass is 527 g/mol. The van der Waals surface area contributed by atoms with E-state index in [9.17, 15) is 9.18 Å². The third kappa shape index (κ3) is 6.78. The number of piperazine rings is 1. The lowest BCUT2D eigenvalue weighted by molar-refractivity contribution is -0.131. The Bertz CT molecular complexity index is 829. The van der Waals surface area contributed by atoms with Crippen LogP contribution in [0, 0.1) is 5.82 Å². The summed E-state index contributed by atoms with van der Waals surface area (Å²) in [6, 6.07) is 8.38. The Kier molecular flexibility index (Phi) is 9.71. The minimum absolute atomic E-state index is 0. The van der Waals surface area contributed by atoms with Gasteiger partial charge in [-0.2, -0.15) is 0 Å². The zero-order chi connectivity index (χ0) is 20.5. The average molecular weight is 527 g/mol. The largest absolute Gasteiger partial charge is 0.356 e. The van der Waals surface area contributed by atoms with E-state index in [1.807, 2.05) is 4.90 Å². The SMILES string of the molecule is CN=C(NCCC(=O)N1CCN(c2ncccn2)CC1)NCc1ccccc1F.I. The Morgan fingerprint density at radius 1 is 1.10 bits per heavy atom. The normalized spacial score (nSPS) is 14.1. The van der Waals surface area contributed by atoms with Gasteiger partial charge < -0.3 is 20.4 Å². The van der Waals surface area contributed by atoms with E-state index >= 15 is 0 Å². The number of carbonyl (C=O) groups excluding carboxylic acids is 1. The standard InChI is InChI=1S/C20H26FN7O.HI/c1-22-19(26-15-16-5-2-3-6-17(16)21)23-10-7-18(29)27-11-13-28(14-12-27)20-24-8-4-9-25-20;/h2-6,8-9H,7,10-15H2,1H3,(H2,22,23,26);1H. The Labute approximate surface area is 193 Å². The number of amides is 1. The smallest absolute Gasteiger partial charge is 0.225 e. The molecule has 30 heavy (non-hydrogen) atoms. The van der Waals surface area contributed by atoms with Crippen LogP contribution in [0.1, 0.15) is 12.0 Å². The zero-order valence-corrected chi connectivity index (χ0v) is 19.3. The summed E-state index contributed by atoms with van der Waals surface area (Å²) in [7, 11) is 1.64. The molecule has 0 atom stereocenters. The van der Waals surface area contributed by atoms with Crippen molar-refractivity contribution in [2.75, 3.05) is 44.7 Å². The molecule has 1 aliphatic rings. The van der Waals surface area contributed by atoms with Crippen LogP contribution in [0.2, 0.25) is 0 Å². The number of rotatable bonds is 6. The summed E-state index contributed by atoms with van der Waals surface area (Å²) >= 11 is 0. The van der Waals surface area contributed by atoms with E-state index in [0.717, 1.165) is 13.1 Å². The number of aromatic nitrogens is 2. The van der Waals surface area contributed by atoms with E-state index in [4.69, 9.17) is 0 Å². The van der Waals surface area contributed by atoms with Gasteiger partial charge in [-0.15, -0.1) is 24.0 Å². The van der Waals surface area contributed by atoms with Crippen molar-refractivity contribution in [2.45, 2.75) is 13.0 Å². The highest BCUT2D eigenvalue weighted by Crippen LogP contribution is 2.10. The summed E-state index contributed by atoms with van der Waals surface area (Å²) in [6.45, 7) is 3.51. The van der Waals surface area contributed by atoms with E-state index in [1.165, 1.54) is 6.07 Å². The van der Waals surface area contributed by atoms with Crippen LogP contribution < -0.4 is 15.5 Å². The molecule has 8 nitrogen and oxygen atoms in total. The van der Waals surface area contributed by atoms with E-state index in [-0.39, 0.29) is 35.7 Å². The quantitative estimate of drug-likeness (QED) is 0.338. The highest BCUT2D eigenvalue weighted by Gasteiger charge is 2.22. The van der Waals surface area contributed by atoms with Crippen molar-refractivity contribution < 1.29 is 9.18 Å². The van der Waals surface area contributed by atoms with Gasteiger partial charge in [0.05, 0.1) is 0 Å². The maximum absolute atomic E-state index is 13.7. The molecule has 162 valence electrons. The van der Waals surface area contributed by atoms with Gasteiger partial charge >= 0.3 is 0 Å². The van der Waals surface area contributed by atoms with Gasteiger partial charge in [-0.3, -0.25) is 9.79 Å². The summed E-state index contributed by atoms with van der Waals surface area (Å²) in [5, 5.41) is 6.16. The molecule has 2 heterocycles. The van der Waals surface area contributed by atoms with Crippen molar-refractivity contribution in [1.82, 2.24) is 25.5 Å². The van der Waals surface area contributed by atoms with E-state index in [0.29, 0.717) is 50.1 Å². The first-order chi connectivity index (χ1) is 14.2. The summed E-state index contributed by atoms with van der Waals surface area (Å²) in [5.74, 6) is 1.07. The number of aliphatic imine (C=N–C) groups is 1. The second-order valence-corrected chi connectivity index (χ2v) is 6.61. The number of hydrogen-bond acceptors (Lipinski definition) is 5. The molecule has 10 heteroatoms. The van der Waals surface area contributed by atoms with Crippen LogP contribution >= 0.6 is 24.0 Å². The number of hydrogen-bond donors (Lipinski definition) is 2. The molecule has 3 rings (SSSR count). The Balaban J connectivity index is 0.00000320. The predicted octanol–water partition coefficient (Wildman–Crippen LogP) is 1.64. The molecular formula is C20H27FIN7O. The third-order valence-electron chi connectivity index (χ3n) is 4.73. The molecule has 1 amide bonds. The molecule has 1 fully saturated rings. The van der Waals surface area contributed by atoms with Gasteiger partial charge in [-0.05, 0) is 12.1 Å². The Hall–Kier alpha value is -2.50. The molecule has 0 aliphatic carbocycles. The van der Waals surface area contributed by atoms with Crippen molar-refractivity contribution >= 4 is 41.8 Å². The van der Waals surface area contributed by atoms with Crippen LogP contribution in [-0.4, -0.2) is 66.5 Å². The molecule has 1 aliphatic heterocycles. The van der Waals surface area contributed by atoms with Crippen molar-refractivity contribution in [3.8, 4) is 0 Å².